The first-order valence-electron chi connectivity index (χ1n) is 13.4. The molecule has 1 heterocycles. The summed E-state index contributed by atoms with van der Waals surface area (Å²) in [5.74, 6) is -1.00. The Morgan fingerprint density at radius 3 is 2.59 bits per heavy atom. The highest BCUT2D eigenvalue weighted by atomic mass is 19.1. The summed E-state index contributed by atoms with van der Waals surface area (Å²) in [5, 5.41) is 19.5. The van der Waals surface area contributed by atoms with Gasteiger partial charge < -0.3 is 15.2 Å². The molecule has 0 spiro atoms. The zero-order chi connectivity index (χ0) is 27.4. The van der Waals surface area contributed by atoms with Crippen molar-refractivity contribution in [3.05, 3.63) is 88.5 Å². The maximum Gasteiger partial charge on any atom is 0.331 e. The average molecular weight is 530 g/mol. The number of methoxy groups -OCH3 is 1. The summed E-state index contributed by atoms with van der Waals surface area (Å²) < 4.78 is 20.2. The van der Waals surface area contributed by atoms with Gasteiger partial charge in [-0.05, 0) is 92.5 Å². The molecule has 6 rings (SSSR count). The summed E-state index contributed by atoms with van der Waals surface area (Å²) in [6.45, 7) is 2.12. The minimum absolute atomic E-state index is 0.291. The normalized spacial score (nSPS) is 24.4. The highest BCUT2D eigenvalue weighted by molar-refractivity contribution is 6.00. The largest absolute Gasteiger partial charge is 0.467 e. The number of amides is 1. The number of rotatable bonds is 7. The molecule has 2 atom stereocenters. The van der Waals surface area contributed by atoms with Crippen LogP contribution >= 0.6 is 0 Å². The lowest BCUT2D eigenvalue weighted by Crippen LogP contribution is -2.46. The molecule has 7 nitrogen and oxygen atoms in total. The number of carbonyl (C=O) groups excluding carboxylic acids is 2. The molecule has 3 aliphatic rings. The van der Waals surface area contributed by atoms with E-state index >= 15 is 0 Å². The van der Waals surface area contributed by atoms with Crippen molar-refractivity contribution in [2.45, 2.75) is 63.0 Å². The van der Waals surface area contributed by atoms with Crippen molar-refractivity contribution < 1.29 is 23.8 Å². The van der Waals surface area contributed by atoms with Crippen molar-refractivity contribution in [3.63, 3.8) is 0 Å². The number of aryl methyl sites for hydroxylation is 1. The van der Waals surface area contributed by atoms with Crippen LogP contribution in [-0.2, 0) is 22.4 Å². The Balaban J connectivity index is 1.22. The van der Waals surface area contributed by atoms with E-state index in [0.29, 0.717) is 44.1 Å². The predicted molar refractivity (Wildman–Crippen MR) is 144 cm³/mol. The third-order valence-corrected chi connectivity index (χ3v) is 9.10. The van der Waals surface area contributed by atoms with Crippen LogP contribution in [-0.4, -0.2) is 45.0 Å². The molecule has 8 heteroatoms. The Bertz CT molecular complexity index is 1490. The van der Waals surface area contributed by atoms with Crippen LogP contribution in [0.3, 0.4) is 0 Å². The molecule has 2 saturated carbocycles. The second-order valence-electron chi connectivity index (χ2n) is 11.3. The number of benzene rings is 2. The van der Waals surface area contributed by atoms with E-state index in [-0.39, 0.29) is 11.7 Å². The van der Waals surface area contributed by atoms with Crippen LogP contribution in [0.4, 0.5) is 4.39 Å². The van der Waals surface area contributed by atoms with Gasteiger partial charge in [0.1, 0.15) is 11.4 Å². The summed E-state index contributed by atoms with van der Waals surface area (Å²) >= 11 is 0. The second kappa shape index (κ2) is 9.16. The monoisotopic (exact) mass is 529 g/mol. The van der Waals surface area contributed by atoms with E-state index in [9.17, 15) is 19.1 Å². The topological polar surface area (TPSA) is 93.4 Å². The van der Waals surface area contributed by atoms with Gasteiger partial charge in [-0.1, -0.05) is 30.7 Å². The summed E-state index contributed by atoms with van der Waals surface area (Å²) in [5.41, 5.74) is 3.00. The minimum Gasteiger partial charge on any atom is -0.467 e. The standard InChI is InChI=1S/C31H32FN3O4/c1-29-18-21-19-33-35(24-9-7-23(32)8-10-24)26(21)17-22(29)12-14-31(29,38)13-11-20-5-3-4-6-25(20)27(36)34-30(15-16-30)28(37)39-2/h3-10,17,19,38H,11-16,18H2,1-2H3,(H,34,36)/t29?,31-/m0/s1. The van der Waals surface area contributed by atoms with Gasteiger partial charge in [-0.3, -0.25) is 4.79 Å². The van der Waals surface area contributed by atoms with E-state index in [4.69, 9.17) is 4.74 Å². The lowest BCUT2D eigenvalue weighted by molar-refractivity contribution is -0.144. The number of hydrogen-bond acceptors (Lipinski definition) is 5. The minimum atomic E-state index is -0.957. The van der Waals surface area contributed by atoms with Crippen LogP contribution in [0.1, 0.15) is 66.2 Å². The van der Waals surface area contributed by atoms with Crippen molar-refractivity contribution in [2.24, 2.45) is 5.41 Å². The number of aliphatic hydroxyl groups is 1. The second-order valence-corrected chi connectivity index (χ2v) is 11.3. The summed E-state index contributed by atoms with van der Waals surface area (Å²) in [6.07, 6.45) is 8.18. The molecule has 2 fully saturated rings. The van der Waals surface area contributed by atoms with Gasteiger partial charge in [-0.25, -0.2) is 13.9 Å². The van der Waals surface area contributed by atoms with E-state index in [1.54, 1.807) is 18.2 Å². The van der Waals surface area contributed by atoms with Crippen LogP contribution in [0.25, 0.3) is 11.8 Å². The fraction of sp³-hybridized carbons (Fsp3) is 0.387. The van der Waals surface area contributed by atoms with Gasteiger partial charge in [-0.2, -0.15) is 5.10 Å². The number of carbonyl (C=O) groups is 2. The lowest BCUT2D eigenvalue weighted by Gasteiger charge is -2.42. The summed E-state index contributed by atoms with van der Waals surface area (Å²) in [7, 11) is 1.33. The number of fused-ring (bicyclic) bond motifs is 2. The fourth-order valence-corrected chi connectivity index (χ4v) is 6.40. The number of nitrogens with zero attached hydrogens (tertiary/aromatic N) is 2. The van der Waals surface area contributed by atoms with Gasteiger partial charge in [0.15, 0.2) is 0 Å². The zero-order valence-electron chi connectivity index (χ0n) is 22.2. The highest BCUT2D eigenvalue weighted by Crippen LogP contribution is 2.57. The molecule has 1 unspecified atom stereocenters. The maximum absolute atomic E-state index is 13.5. The first kappa shape index (κ1) is 25.5. The van der Waals surface area contributed by atoms with Gasteiger partial charge >= 0.3 is 5.97 Å². The lowest BCUT2D eigenvalue weighted by atomic mass is 9.65. The zero-order valence-corrected chi connectivity index (χ0v) is 22.2. The summed E-state index contributed by atoms with van der Waals surface area (Å²) in [4.78, 5) is 25.3. The van der Waals surface area contributed by atoms with Gasteiger partial charge in [-0.15, -0.1) is 0 Å². The smallest absolute Gasteiger partial charge is 0.331 e. The number of ether oxygens (including phenoxy) is 1. The molecule has 0 aliphatic heterocycles. The Labute approximate surface area is 226 Å². The molecular weight excluding hydrogens is 497 g/mol. The molecule has 202 valence electrons. The molecule has 3 aromatic rings. The van der Waals surface area contributed by atoms with Gasteiger partial charge in [0.25, 0.3) is 5.91 Å². The molecule has 3 aliphatic carbocycles. The molecule has 2 N–H and O–H groups in total. The van der Waals surface area contributed by atoms with Crippen LogP contribution in [0, 0.1) is 11.2 Å². The average Bonchev–Trinajstić information content (AvgIpc) is 3.54. The molecule has 1 aromatic heterocycles. The third-order valence-electron chi connectivity index (χ3n) is 9.10. The molecular formula is C31H32FN3O4. The van der Waals surface area contributed by atoms with E-state index < -0.39 is 22.5 Å². The van der Waals surface area contributed by atoms with Crippen molar-refractivity contribution in [1.82, 2.24) is 15.1 Å². The quantitative estimate of drug-likeness (QED) is 0.438. The predicted octanol–water partition coefficient (Wildman–Crippen LogP) is 4.55. The fourth-order valence-electron chi connectivity index (χ4n) is 6.40. The van der Waals surface area contributed by atoms with Crippen molar-refractivity contribution in [1.29, 1.82) is 0 Å². The van der Waals surface area contributed by atoms with Crippen molar-refractivity contribution in [2.75, 3.05) is 7.11 Å². The molecule has 0 saturated heterocycles. The number of hydrogen-bond donors (Lipinski definition) is 2. The van der Waals surface area contributed by atoms with Crippen molar-refractivity contribution in [3.8, 4) is 5.69 Å². The van der Waals surface area contributed by atoms with Gasteiger partial charge in [0.05, 0.1) is 30.3 Å². The van der Waals surface area contributed by atoms with Gasteiger partial charge in [0, 0.05) is 11.0 Å². The van der Waals surface area contributed by atoms with Crippen LogP contribution in [0.15, 0.2) is 60.3 Å². The Morgan fingerprint density at radius 2 is 1.87 bits per heavy atom. The van der Waals surface area contributed by atoms with Crippen LogP contribution in [0.5, 0.6) is 0 Å². The SMILES string of the molecule is COC(=O)C1(NC(=O)c2ccccc2CC[C@]2(O)CCC3=Cc4c(cnn4-c4ccc(F)cc4)CC32C)CC1. The Kier molecular flexibility index (Phi) is 5.99. The molecule has 2 aromatic carbocycles. The first-order valence-corrected chi connectivity index (χ1v) is 13.4. The van der Waals surface area contributed by atoms with E-state index in [2.05, 4.69) is 23.4 Å². The highest BCUT2D eigenvalue weighted by Gasteiger charge is 2.55. The Hall–Kier alpha value is -3.78. The Morgan fingerprint density at radius 1 is 1.13 bits per heavy atom. The number of nitrogens with one attached hydrogen (secondary N) is 1. The third kappa shape index (κ3) is 4.18. The van der Waals surface area contributed by atoms with E-state index in [0.717, 1.165) is 28.9 Å². The van der Waals surface area contributed by atoms with Gasteiger partial charge in [0.2, 0.25) is 0 Å². The molecule has 0 bridgehead atoms. The number of aromatic nitrogens is 2. The summed E-state index contributed by atoms with van der Waals surface area (Å²) in [6, 6.07) is 13.7. The maximum atomic E-state index is 13.5. The molecule has 0 radical (unpaired) electrons. The van der Waals surface area contributed by atoms with E-state index in [1.165, 1.54) is 24.8 Å². The molecule has 39 heavy (non-hydrogen) atoms. The number of halogens is 1. The van der Waals surface area contributed by atoms with Crippen LogP contribution < -0.4 is 5.32 Å². The first-order chi connectivity index (χ1) is 18.7. The molecule has 1 amide bonds. The van der Waals surface area contributed by atoms with Crippen LogP contribution in [0.2, 0.25) is 0 Å². The van der Waals surface area contributed by atoms with E-state index in [1.807, 2.05) is 29.1 Å². The number of esters is 1. The van der Waals surface area contributed by atoms with Crippen molar-refractivity contribution >= 4 is 18.0 Å².